The Morgan fingerprint density at radius 1 is 0.862 bits per heavy atom. The number of nitrogens with one attached hydrogen (secondary N) is 1. The lowest BCUT2D eigenvalue weighted by Crippen LogP contribution is -2.26. The van der Waals surface area contributed by atoms with E-state index < -0.39 is 49.4 Å². The maximum absolute atomic E-state index is 14.0. The maximum atomic E-state index is 14.0. The van der Waals surface area contributed by atoms with Crippen molar-refractivity contribution in [1.29, 1.82) is 0 Å². The lowest BCUT2D eigenvalue weighted by Gasteiger charge is -2.22. The monoisotopic (exact) mass is 429 g/mol. The van der Waals surface area contributed by atoms with E-state index in [0.29, 0.717) is 11.7 Å². The highest BCUT2D eigenvalue weighted by Crippen LogP contribution is 2.42. The Balaban J connectivity index is 2.00. The molecule has 0 amide bonds. The van der Waals surface area contributed by atoms with Crippen LogP contribution in [-0.4, -0.2) is 12.3 Å². The van der Waals surface area contributed by atoms with E-state index in [0.717, 1.165) is 5.39 Å². The van der Waals surface area contributed by atoms with E-state index in [-0.39, 0.29) is 5.75 Å². The predicted molar refractivity (Wildman–Crippen MR) is 97.0 cm³/mol. The van der Waals surface area contributed by atoms with Crippen LogP contribution < -0.4 is 14.1 Å². The zero-order valence-electron chi connectivity index (χ0n) is 14.8. The molecular formula is C19H13F5NO3P. The van der Waals surface area contributed by atoms with Gasteiger partial charge in [-0.25, -0.2) is 18.3 Å². The average Bonchev–Trinajstić information content (AvgIpc) is 2.74. The molecule has 0 fully saturated rings. The summed E-state index contributed by atoms with van der Waals surface area (Å²) < 4.78 is 78.8. The zero-order chi connectivity index (χ0) is 21.1. The van der Waals surface area contributed by atoms with E-state index >= 15 is 0 Å². The molecule has 2 atom stereocenters. The Morgan fingerprint density at radius 3 is 2.10 bits per heavy atom. The molecule has 0 radical (unpaired) electrons. The number of aldehydes is 1. The number of carbonyl (C=O) groups is 1. The van der Waals surface area contributed by atoms with Crippen LogP contribution in [0.5, 0.6) is 11.5 Å². The first-order chi connectivity index (χ1) is 13.8. The molecule has 3 rings (SSSR count). The van der Waals surface area contributed by atoms with Crippen molar-refractivity contribution in [1.82, 2.24) is 5.09 Å². The third-order valence-electron chi connectivity index (χ3n) is 3.79. The smallest absolute Gasteiger partial charge is 0.382 e. The Labute approximate surface area is 163 Å². The molecule has 0 saturated carbocycles. The normalized spacial score (nSPS) is 13.2. The van der Waals surface area contributed by atoms with Crippen LogP contribution in [0.1, 0.15) is 6.92 Å². The van der Waals surface area contributed by atoms with Crippen LogP contribution in [0.15, 0.2) is 42.5 Å². The minimum absolute atomic E-state index is 0.226. The lowest BCUT2D eigenvalue weighted by atomic mass is 10.1. The summed E-state index contributed by atoms with van der Waals surface area (Å²) in [6, 6.07) is 11.1. The van der Waals surface area contributed by atoms with Gasteiger partial charge in [0, 0.05) is 5.39 Å². The first kappa shape index (κ1) is 21.0. The fourth-order valence-corrected chi connectivity index (χ4v) is 3.58. The molecular weight excluding hydrogens is 416 g/mol. The molecule has 3 aromatic carbocycles. The van der Waals surface area contributed by atoms with Crippen LogP contribution in [0.4, 0.5) is 22.0 Å². The van der Waals surface area contributed by atoms with Crippen molar-refractivity contribution < 1.29 is 35.8 Å². The highest BCUT2D eigenvalue weighted by atomic mass is 31.2. The minimum atomic E-state index is -2.52. The quantitative estimate of drug-likeness (QED) is 0.180. The Hall–Kier alpha value is -2.77. The van der Waals surface area contributed by atoms with Gasteiger partial charge in [0.25, 0.3) is 0 Å². The van der Waals surface area contributed by atoms with E-state index in [9.17, 15) is 26.7 Å². The number of hydrogen-bond acceptors (Lipinski definition) is 4. The van der Waals surface area contributed by atoms with Gasteiger partial charge in [0.05, 0.1) is 6.04 Å². The molecule has 3 aromatic rings. The second kappa shape index (κ2) is 8.71. The summed E-state index contributed by atoms with van der Waals surface area (Å²) in [4.78, 5) is 11.0. The standard InChI is InChI=1S/C19H13F5NO3P/c1-10(9-26)25-29(27-13-8-4-6-11-5-2-3-7-12(11)13)28-19-17(23)15(21)14(20)16(22)18(19)24/h2-10,25H,1H3. The molecule has 2 unspecified atom stereocenters. The SMILES string of the molecule is CC(C=O)NP(Oc1c(F)c(F)c(F)c(F)c1F)Oc1cccc2ccccc12. The molecule has 1 N–H and O–H groups in total. The van der Waals surface area contributed by atoms with Crippen LogP contribution in [0.3, 0.4) is 0 Å². The molecule has 29 heavy (non-hydrogen) atoms. The van der Waals surface area contributed by atoms with Gasteiger partial charge in [-0.1, -0.05) is 36.4 Å². The van der Waals surface area contributed by atoms with Crippen LogP contribution in [0.2, 0.25) is 0 Å². The summed E-state index contributed by atoms with van der Waals surface area (Å²) in [5.41, 5.74) is 0. The fraction of sp³-hybridized carbons (Fsp3) is 0.105. The van der Waals surface area contributed by atoms with Gasteiger partial charge >= 0.3 is 8.53 Å². The second-order valence-electron chi connectivity index (χ2n) is 5.87. The number of carbonyl (C=O) groups excluding carboxylic acids is 1. The van der Waals surface area contributed by atoms with E-state index in [1.165, 1.54) is 13.0 Å². The van der Waals surface area contributed by atoms with Crippen molar-refractivity contribution >= 4 is 25.6 Å². The van der Waals surface area contributed by atoms with Crippen molar-refractivity contribution in [3.63, 3.8) is 0 Å². The van der Waals surface area contributed by atoms with Crippen LogP contribution in [-0.2, 0) is 4.79 Å². The van der Waals surface area contributed by atoms with Crippen molar-refractivity contribution in [2.24, 2.45) is 0 Å². The third kappa shape index (κ3) is 4.31. The van der Waals surface area contributed by atoms with Gasteiger partial charge in [-0.3, -0.25) is 0 Å². The Morgan fingerprint density at radius 2 is 1.45 bits per heavy atom. The lowest BCUT2D eigenvalue weighted by molar-refractivity contribution is -0.108. The molecule has 0 heterocycles. The molecule has 0 aliphatic rings. The van der Waals surface area contributed by atoms with Crippen molar-refractivity contribution in [2.75, 3.05) is 0 Å². The number of hydrogen-bond donors (Lipinski definition) is 1. The first-order valence-corrected chi connectivity index (χ1v) is 9.38. The fourth-order valence-electron chi connectivity index (χ4n) is 2.38. The van der Waals surface area contributed by atoms with E-state index in [1.54, 1.807) is 36.4 Å². The predicted octanol–water partition coefficient (Wildman–Crippen LogP) is 5.40. The van der Waals surface area contributed by atoms with Gasteiger partial charge in [-0.2, -0.15) is 8.78 Å². The molecule has 0 aliphatic carbocycles. The molecule has 0 saturated heterocycles. The van der Waals surface area contributed by atoms with E-state index in [4.69, 9.17) is 9.05 Å². The highest BCUT2D eigenvalue weighted by Gasteiger charge is 2.31. The summed E-state index contributed by atoms with van der Waals surface area (Å²) in [5.74, 6) is -12.2. The summed E-state index contributed by atoms with van der Waals surface area (Å²) in [6.07, 6.45) is 0.462. The van der Waals surface area contributed by atoms with Crippen molar-refractivity contribution in [3.05, 3.63) is 71.6 Å². The first-order valence-electron chi connectivity index (χ1n) is 8.20. The Kier molecular flexibility index (Phi) is 6.30. The van der Waals surface area contributed by atoms with E-state index in [1.807, 2.05) is 0 Å². The topological polar surface area (TPSA) is 47.6 Å². The van der Waals surface area contributed by atoms with Crippen LogP contribution in [0.25, 0.3) is 10.8 Å². The minimum Gasteiger partial charge on any atom is -0.426 e. The average molecular weight is 429 g/mol. The molecule has 0 aromatic heterocycles. The molecule has 10 heteroatoms. The van der Waals surface area contributed by atoms with Gasteiger partial charge in [0.15, 0.2) is 0 Å². The highest BCUT2D eigenvalue weighted by molar-refractivity contribution is 7.45. The van der Waals surface area contributed by atoms with Crippen LogP contribution >= 0.6 is 8.53 Å². The molecule has 4 nitrogen and oxygen atoms in total. The summed E-state index contributed by atoms with van der Waals surface area (Å²) in [5, 5.41) is 3.91. The number of halogens is 5. The van der Waals surface area contributed by atoms with Crippen molar-refractivity contribution in [2.45, 2.75) is 13.0 Å². The Bertz CT molecular complexity index is 1030. The second-order valence-corrected chi connectivity index (χ2v) is 7.01. The third-order valence-corrected chi connectivity index (χ3v) is 5.12. The maximum Gasteiger partial charge on any atom is 0.382 e. The number of fused-ring (bicyclic) bond motifs is 1. The zero-order valence-corrected chi connectivity index (χ0v) is 15.7. The molecule has 0 bridgehead atoms. The van der Waals surface area contributed by atoms with Gasteiger partial charge in [-0.15, -0.1) is 0 Å². The largest absolute Gasteiger partial charge is 0.426 e. The van der Waals surface area contributed by atoms with Crippen molar-refractivity contribution in [3.8, 4) is 11.5 Å². The summed E-state index contributed by atoms with van der Waals surface area (Å²) >= 11 is 0. The number of benzene rings is 3. The molecule has 0 spiro atoms. The van der Waals surface area contributed by atoms with Gasteiger partial charge in [0.2, 0.25) is 34.8 Å². The van der Waals surface area contributed by atoms with E-state index in [2.05, 4.69) is 5.09 Å². The van der Waals surface area contributed by atoms with Gasteiger partial charge < -0.3 is 13.8 Å². The number of rotatable bonds is 7. The summed E-state index contributed by atoms with van der Waals surface area (Å²) in [6.45, 7) is 1.40. The molecule has 0 aliphatic heterocycles. The van der Waals surface area contributed by atoms with Gasteiger partial charge in [0.1, 0.15) is 12.0 Å². The van der Waals surface area contributed by atoms with Gasteiger partial charge in [-0.05, 0) is 18.4 Å². The molecule has 152 valence electrons. The summed E-state index contributed by atoms with van der Waals surface area (Å²) in [7, 11) is -2.52. The van der Waals surface area contributed by atoms with Crippen LogP contribution in [0, 0.1) is 29.1 Å².